The van der Waals surface area contributed by atoms with Crippen LogP contribution in [0.4, 0.5) is 4.39 Å². The summed E-state index contributed by atoms with van der Waals surface area (Å²) in [7, 11) is 0. The van der Waals surface area contributed by atoms with Crippen LogP contribution >= 0.6 is 11.6 Å². The molecule has 0 aromatic heterocycles. The lowest BCUT2D eigenvalue weighted by atomic mass is 10.1. The number of carbonyl (C=O) groups is 2. The first-order valence-corrected chi connectivity index (χ1v) is 5.81. The standard InChI is InChI=1S/C12H13ClFNO4/c1-7(8-2-3-10(14)9(13)4-8)15(5-11(16)17)6-12(18)19/h2-4,7H,5-6H2,1H3,(H,16,17)(H,18,19). The van der Waals surface area contributed by atoms with Crippen molar-refractivity contribution in [3.8, 4) is 0 Å². The zero-order valence-electron chi connectivity index (χ0n) is 10.1. The van der Waals surface area contributed by atoms with Gasteiger partial charge in [-0.2, -0.15) is 0 Å². The molecule has 1 aromatic carbocycles. The van der Waals surface area contributed by atoms with Crippen molar-refractivity contribution in [2.45, 2.75) is 13.0 Å². The van der Waals surface area contributed by atoms with Crippen LogP contribution in [0.1, 0.15) is 18.5 Å². The van der Waals surface area contributed by atoms with Gasteiger partial charge in [0.05, 0.1) is 18.1 Å². The summed E-state index contributed by atoms with van der Waals surface area (Å²) in [4.78, 5) is 22.7. The zero-order valence-corrected chi connectivity index (χ0v) is 10.9. The highest BCUT2D eigenvalue weighted by Crippen LogP contribution is 2.24. The van der Waals surface area contributed by atoms with Gasteiger partial charge in [-0.25, -0.2) is 4.39 Å². The lowest BCUT2D eigenvalue weighted by Gasteiger charge is -2.26. The quantitative estimate of drug-likeness (QED) is 0.837. The minimum atomic E-state index is -1.14. The van der Waals surface area contributed by atoms with E-state index < -0.39 is 36.9 Å². The first-order chi connectivity index (χ1) is 8.81. The molecular weight excluding hydrogens is 277 g/mol. The molecule has 2 N–H and O–H groups in total. The third-order valence-corrected chi connectivity index (χ3v) is 2.94. The predicted octanol–water partition coefficient (Wildman–Crippen LogP) is 2.01. The topological polar surface area (TPSA) is 77.8 Å². The van der Waals surface area contributed by atoms with Gasteiger partial charge in [0.2, 0.25) is 0 Å². The van der Waals surface area contributed by atoms with E-state index in [9.17, 15) is 14.0 Å². The normalized spacial score (nSPS) is 12.4. The van der Waals surface area contributed by atoms with Crippen molar-refractivity contribution in [3.63, 3.8) is 0 Å². The molecule has 1 rings (SSSR count). The van der Waals surface area contributed by atoms with E-state index in [-0.39, 0.29) is 5.02 Å². The Balaban J connectivity index is 2.96. The van der Waals surface area contributed by atoms with Crippen molar-refractivity contribution in [2.24, 2.45) is 0 Å². The van der Waals surface area contributed by atoms with Gasteiger partial charge in [-0.1, -0.05) is 17.7 Å². The Morgan fingerprint density at radius 2 is 1.84 bits per heavy atom. The van der Waals surface area contributed by atoms with E-state index in [0.717, 1.165) is 6.07 Å². The van der Waals surface area contributed by atoms with Gasteiger partial charge in [-0.3, -0.25) is 14.5 Å². The van der Waals surface area contributed by atoms with Crippen LogP contribution in [0.5, 0.6) is 0 Å². The second-order valence-electron chi connectivity index (χ2n) is 4.04. The molecule has 7 heteroatoms. The van der Waals surface area contributed by atoms with Gasteiger partial charge in [0.1, 0.15) is 5.82 Å². The van der Waals surface area contributed by atoms with E-state index in [1.807, 2.05) is 0 Å². The van der Waals surface area contributed by atoms with Crippen molar-refractivity contribution in [1.82, 2.24) is 4.90 Å². The Kier molecular flexibility index (Phi) is 5.26. The SMILES string of the molecule is CC(c1ccc(F)c(Cl)c1)N(CC(=O)O)CC(=O)O. The van der Waals surface area contributed by atoms with Crippen LogP contribution in [0, 0.1) is 5.82 Å². The fourth-order valence-electron chi connectivity index (χ4n) is 1.66. The molecule has 0 fully saturated rings. The summed E-state index contributed by atoms with van der Waals surface area (Å²) in [6.07, 6.45) is 0. The molecule has 0 aliphatic heterocycles. The Bertz CT molecular complexity index is 479. The van der Waals surface area contributed by atoms with Crippen LogP contribution in [-0.2, 0) is 9.59 Å². The molecule has 1 atom stereocenters. The second-order valence-corrected chi connectivity index (χ2v) is 4.45. The summed E-state index contributed by atoms with van der Waals surface area (Å²) in [6.45, 7) is 0.778. The van der Waals surface area contributed by atoms with Crippen LogP contribution in [0.25, 0.3) is 0 Å². The number of carboxylic acids is 2. The molecular formula is C12H13ClFNO4. The van der Waals surface area contributed by atoms with Crippen LogP contribution in [0.15, 0.2) is 18.2 Å². The average molecular weight is 290 g/mol. The van der Waals surface area contributed by atoms with Gasteiger partial charge in [0, 0.05) is 6.04 Å². The van der Waals surface area contributed by atoms with Crippen LogP contribution in [0.2, 0.25) is 5.02 Å². The highest BCUT2D eigenvalue weighted by atomic mass is 35.5. The molecule has 1 unspecified atom stereocenters. The number of rotatable bonds is 6. The highest BCUT2D eigenvalue weighted by molar-refractivity contribution is 6.30. The maximum atomic E-state index is 13.0. The Morgan fingerprint density at radius 1 is 1.32 bits per heavy atom. The van der Waals surface area contributed by atoms with Gasteiger partial charge in [0.25, 0.3) is 0 Å². The summed E-state index contributed by atoms with van der Waals surface area (Å²) >= 11 is 5.65. The van der Waals surface area contributed by atoms with E-state index in [1.54, 1.807) is 6.92 Å². The number of benzene rings is 1. The highest BCUT2D eigenvalue weighted by Gasteiger charge is 2.21. The van der Waals surface area contributed by atoms with E-state index in [2.05, 4.69) is 0 Å². The molecule has 0 aliphatic carbocycles. The largest absolute Gasteiger partial charge is 0.480 e. The summed E-state index contributed by atoms with van der Waals surface area (Å²) < 4.78 is 13.0. The van der Waals surface area contributed by atoms with Gasteiger partial charge >= 0.3 is 11.9 Å². The summed E-state index contributed by atoms with van der Waals surface area (Å²) in [6, 6.07) is 3.46. The molecule has 0 saturated carbocycles. The lowest BCUT2D eigenvalue weighted by Crippen LogP contribution is -2.36. The van der Waals surface area contributed by atoms with Crippen LogP contribution in [-0.4, -0.2) is 40.1 Å². The van der Waals surface area contributed by atoms with Crippen molar-refractivity contribution in [3.05, 3.63) is 34.6 Å². The molecule has 0 heterocycles. The Hall–Kier alpha value is -1.66. The smallest absolute Gasteiger partial charge is 0.317 e. The van der Waals surface area contributed by atoms with Crippen molar-refractivity contribution in [1.29, 1.82) is 0 Å². The van der Waals surface area contributed by atoms with Gasteiger partial charge < -0.3 is 10.2 Å². The number of aliphatic carboxylic acids is 2. The molecule has 0 radical (unpaired) electrons. The minimum absolute atomic E-state index is 0.0880. The Morgan fingerprint density at radius 3 is 2.26 bits per heavy atom. The van der Waals surface area contributed by atoms with Crippen LogP contribution < -0.4 is 0 Å². The van der Waals surface area contributed by atoms with Gasteiger partial charge in [-0.15, -0.1) is 0 Å². The maximum Gasteiger partial charge on any atom is 0.317 e. The zero-order chi connectivity index (χ0) is 14.6. The number of halogens is 2. The van der Waals surface area contributed by atoms with Crippen molar-refractivity contribution in [2.75, 3.05) is 13.1 Å². The first kappa shape index (κ1) is 15.4. The predicted molar refractivity (Wildman–Crippen MR) is 66.7 cm³/mol. The fraction of sp³-hybridized carbons (Fsp3) is 0.333. The van der Waals surface area contributed by atoms with Gasteiger partial charge in [-0.05, 0) is 24.6 Å². The molecule has 19 heavy (non-hydrogen) atoms. The lowest BCUT2D eigenvalue weighted by molar-refractivity contribution is -0.142. The second kappa shape index (κ2) is 6.49. The number of carboxylic acid groups (broad SMARTS) is 2. The number of hydrogen-bond acceptors (Lipinski definition) is 3. The molecule has 104 valence electrons. The van der Waals surface area contributed by atoms with Crippen LogP contribution in [0.3, 0.4) is 0 Å². The molecule has 1 aromatic rings. The molecule has 0 spiro atoms. The average Bonchev–Trinajstić information content (AvgIpc) is 2.29. The van der Waals surface area contributed by atoms with E-state index in [0.29, 0.717) is 5.56 Å². The van der Waals surface area contributed by atoms with E-state index in [1.165, 1.54) is 17.0 Å². The minimum Gasteiger partial charge on any atom is -0.480 e. The molecule has 0 amide bonds. The van der Waals surface area contributed by atoms with Gasteiger partial charge in [0.15, 0.2) is 0 Å². The first-order valence-electron chi connectivity index (χ1n) is 5.44. The third kappa shape index (κ3) is 4.50. The molecule has 0 bridgehead atoms. The molecule has 5 nitrogen and oxygen atoms in total. The third-order valence-electron chi connectivity index (χ3n) is 2.65. The molecule has 0 saturated heterocycles. The molecule has 0 aliphatic rings. The summed E-state index contributed by atoms with van der Waals surface area (Å²) in [5.74, 6) is -2.86. The number of hydrogen-bond donors (Lipinski definition) is 2. The van der Waals surface area contributed by atoms with E-state index in [4.69, 9.17) is 21.8 Å². The monoisotopic (exact) mass is 289 g/mol. The number of nitrogens with zero attached hydrogens (tertiary/aromatic N) is 1. The van der Waals surface area contributed by atoms with Crippen molar-refractivity contribution >= 4 is 23.5 Å². The summed E-state index contributed by atoms with van der Waals surface area (Å²) in [5.41, 5.74) is 0.550. The fourth-order valence-corrected chi connectivity index (χ4v) is 1.85. The van der Waals surface area contributed by atoms with E-state index >= 15 is 0 Å². The maximum absolute atomic E-state index is 13.0. The summed E-state index contributed by atoms with van der Waals surface area (Å²) in [5, 5.41) is 17.5. The Labute approximate surface area is 114 Å². The van der Waals surface area contributed by atoms with Crippen molar-refractivity contribution < 1.29 is 24.2 Å².